The van der Waals surface area contributed by atoms with Crippen LogP contribution in [-0.4, -0.2) is 40.6 Å². The predicted molar refractivity (Wildman–Crippen MR) is 94.8 cm³/mol. The largest absolute Gasteiger partial charge is 0.573 e. The second kappa shape index (κ2) is 7.59. The summed E-state index contributed by atoms with van der Waals surface area (Å²) in [5, 5.41) is 12.3. The van der Waals surface area contributed by atoms with E-state index in [0.29, 0.717) is 37.0 Å². The van der Waals surface area contributed by atoms with E-state index in [9.17, 15) is 18.3 Å². The lowest BCUT2D eigenvalue weighted by molar-refractivity contribution is -0.274. The van der Waals surface area contributed by atoms with Crippen LogP contribution in [0.15, 0.2) is 24.3 Å². The van der Waals surface area contributed by atoms with Gasteiger partial charge in [-0.15, -0.1) is 13.2 Å². The van der Waals surface area contributed by atoms with Gasteiger partial charge in [-0.25, -0.2) is 9.97 Å². The number of aliphatic hydroxyl groups is 1. The number of anilines is 2. The van der Waals surface area contributed by atoms with Crippen molar-refractivity contribution in [2.24, 2.45) is 0 Å². The van der Waals surface area contributed by atoms with E-state index in [-0.39, 0.29) is 18.4 Å². The standard InChI is InChI=1S/C18H21F3N4O2/c1-11(10-26)22-16-8-17(24-12(2)23-16)25-6-5-13-3-4-15(7-14(13)9-25)27-18(19,20)21/h3-4,7-8,11,26H,5-6,9-10H2,1-2H3,(H,22,23,24)/t11-/m0/s1. The molecule has 1 aromatic heterocycles. The fourth-order valence-electron chi connectivity index (χ4n) is 3.01. The molecule has 2 heterocycles. The number of ether oxygens (including phenoxy) is 1. The highest BCUT2D eigenvalue weighted by Crippen LogP contribution is 2.30. The number of hydrogen-bond donors (Lipinski definition) is 2. The molecule has 27 heavy (non-hydrogen) atoms. The van der Waals surface area contributed by atoms with Crippen LogP contribution < -0.4 is 15.0 Å². The number of alkyl halides is 3. The van der Waals surface area contributed by atoms with Crippen LogP contribution in [0.5, 0.6) is 5.75 Å². The van der Waals surface area contributed by atoms with E-state index in [1.54, 1.807) is 19.1 Å². The molecule has 146 valence electrons. The van der Waals surface area contributed by atoms with E-state index in [0.717, 1.165) is 11.1 Å². The Morgan fingerprint density at radius 3 is 2.74 bits per heavy atom. The fraction of sp³-hybridized carbons (Fsp3) is 0.444. The molecule has 0 bridgehead atoms. The van der Waals surface area contributed by atoms with Gasteiger partial charge >= 0.3 is 6.36 Å². The first-order valence-corrected chi connectivity index (χ1v) is 8.59. The Bertz CT molecular complexity index is 814. The predicted octanol–water partition coefficient (Wildman–Crippen LogP) is 3.04. The SMILES string of the molecule is Cc1nc(N[C@@H](C)CO)cc(N2CCc3ccc(OC(F)(F)F)cc3C2)n1. The molecule has 1 aliphatic heterocycles. The number of hydrogen-bond acceptors (Lipinski definition) is 6. The number of benzene rings is 1. The second-order valence-corrected chi connectivity index (χ2v) is 6.54. The molecule has 2 aromatic rings. The minimum Gasteiger partial charge on any atom is -0.406 e. The number of nitrogens with one attached hydrogen (secondary N) is 1. The van der Waals surface area contributed by atoms with E-state index in [2.05, 4.69) is 20.0 Å². The molecule has 6 nitrogen and oxygen atoms in total. The second-order valence-electron chi connectivity index (χ2n) is 6.54. The molecule has 2 N–H and O–H groups in total. The monoisotopic (exact) mass is 382 g/mol. The summed E-state index contributed by atoms with van der Waals surface area (Å²) >= 11 is 0. The minimum absolute atomic E-state index is 0.0303. The molecule has 0 saturated heterocycles. The van der Waals surface area contributed by atoms with E-state index in [1.165, 1.54) is 12.1 Å². The van der Waals surface area contributed by atoms with E-state index in [1.807, 2.05) is 11.8 Å². The Morgan fingerprint density at radius 1 is 1.26 bits per heavy atom. The number of halogens is 3. The van der Waals surface area contributed by atoms with Crippen molar-refractivity contribution in [2.45, 2.75) is 39.2 Å². The highest BCUT2D eigenvalue weighted by Gasteiger charge is 2.31. The Morgan fingerprint density at radius 2 is 2.04 bits per heavy atom. The van der Waals surface area contributed by atoms with Crippen molar-refractivity contribution in [3.8, 4) is 5.75 Å². The summed E-state index contributed by atoms with van der Waals surface area (Å²) < 4.78 is 41.4. The lowest BCUT2D eigenvalue weighted by Crippen LogP contribution is -2.31. The normalized spacial score (nSPS) is 15.3. The third-order valence-corrected chi connectivity index (χ3v) is 4.24. The summed E-state index contributed by atoms with van der Waals surface area (Å²) in [5.74, 6) is 1.63. The van der Waals surface area contributed by atoms with Gasteiger partial charge in [-0.1, -0.05) is 6.07 Å². The van der Waals surface area contributed by atoms with Crippen LogP contribution in [0.3, 0.4) is 0 Å². The van der Waals surface area contributed by atoms with E-state index >= 15 is 0 Å². The van der Waals surface area contributed by atoms with Crippen molar-refractivity contribution in [1.29, 1.82) is 0 Å². The van der Waals surface area contributed by atoms with Gasteiger partial charge in [-0.3, -0.25) is 0 Å². The van der Waals surface area contributed by atoms with Crippen molar-refractivity contribution >= 4 is 11.6 Å². The summed E-state index contributed by atoms with van der Waals surface area (Å²) in [4.78, 5) is 10.7. The van der Waals surface area contributed by atoms with Gasteiger partial charge in [0.15, 0.2) is 0 Å². The summed E-state index contributed by atoms with van der Waals surface area (Å²) in [5.41, 5.74) is 1.77. The number of aromatic nitrogens is 2. The molecule has 1 atom stereocenters. The summed E-state index contributed by atoms with van der Waals surface area (Å²) in [7, 11) is 0. The fourth-order valence-corrected chi connectivity index (χ4v) is 3.01. The van der Waals surface area contributed by atoms with Crippen molar-refractivity contribution in [2.75, 3.05) is 23.4 Å². The van der Waals surface area contributed by atoms with Gasteiger partial charge in [0.2, 0.25) is 0 Å². The zero-order valence-electron chi connectivity index (χ0n) is 15.0. The first-order chi connectivity index (χ1) is 12.7. The van der Waals surface area contributed by atoms with Crippen LogP contribution in [0, 0.1) is 6.92 Å². The lowest BCUT2D eigenvalue weighted by atomic mass is 9.99. The molecule has 1 aliphatic rings. The van der Waals surface area contributed by atoms with Crippen LogP contribution in [-0.2, 0) is 13.0 Å². The van der Waals surface area contributed by atoms with Crippen LogP contribution in [0.2, 0.25) is 0 Å². The highest BCUT2D eigenvalue weighted by atomic mass is 19.4. The first kappa shape index (κ1) is 19.2. The highest BCUT2D eigenvalue weighted by molar-refractivity contribution is 5.52. The van der Waals surface area contributed by atoms with Crippen molar-refractivity contribution in [3.63, 3.8) is 0 Å². The zero-order chi connectivity index (χ0) is 19.6. The molecular weight excluding hydrogens is 361 g/mol. The van der Waals surface area contributed by atoms with Gasteiger partial charge in [0.1, 0.15) is 23.2 Å². The lowest BCUT2D eigenvalue weighted by Gasteiger charge is -2.30. The topological polar surface area (TPSA) is 70.5 Å². The zero-order valence-corrected chi connectivity index (χ0v) is 15.0. The summed E-state index contributed by atoms with van der Waals surface area (Å²) in [6.45, 7) is 4.69. The molecule has 9 heteroatoms. The van der Waals surface area contributed by atoms with Gasteiger partial charge in [0.05, 0.1) is 6.61 Å². The van der Waals surface area contributed by atoms with Crippen molar-refractivity contribution < 1.29 is 23.0 Å². The average Bonchev–Trinajstić information content (AvgIpc) is 2.59. The molecule has 0 saturated carbocycles. The number of nitrogens with zero attached hydrogens (tertiary/aromatic N) is 3. The molecule has 1 aromatic carbocycles. The van der Waals surface area contributed by atoms with E-state index in [4.69, 9.17) is 0 Å². The Balaban J connectivity index is 1.81. The Hall–Kier alpha value is -2.55. The third-order valence-electron chi connectivity index (χ3n) is 4.24. The first-order valence-electron chi connectivity index (χ1n) is 8.59. The van der Waals surface area contributed by atoms with Gasteiger partial charge in [0.25, 0.3) is 0 Å². The van der Waals surface area contributed by atoms with Gasteiger partial charge in [0, 0.05) is 25.2 Å². The molecule has 0 fully saturated rings. The third kappa shape index (κ3) is 5.00. The maximum atomic E-state index is 12.5. The van der Waals surface area contributed by atoms with Crippen LogP contribution in [0.4, 0.5) is 24.8 Å². The quantitative estimate of drug-likeness (QED) is 0.828. The minimum atomic E-state index is -4.71. The maximum Gasteiger partial charge on any atom is 0.573 e. The molecule has 0 aliphatic carbocycles. The Labute approximate surface area is 155 Å². The van der Waals surface area contributed by atoms with Crippen LogP contribution in [0.25, 0.3) is 0 Å². The number of aryl methyl sites for hydroxylation is 1. The maximum absolute atomic E-state index is 12.5. The van der Waals surface area contributed by atoms with Crippen molar-refractivity contribution in [1.82, 2.24) is 9.97 Å². The van der Waals surface area contributed by atoms with Crippen LogP contribution >= 0.6 is 0 Å². The number of rotatable bonds is 5. The van der Waals surface area contributed by atoms with Crippen molar-refractivity contribution in [3.05, 3.63) is 41.2 Å². The molecule has 0 amide bonds. The molecule has 0 radical (unpaired) electrons. The molecule has 0 unspecified atom stereocenters. The van der Waals surface area contributed by atoms with Crippen LogP contribution in [0.1, 0.15) is 23.9 Å². The van der Waals surface area contributed by atoms with Gasteiger partial charge < -0.3 is 20.1 Å². The number of fused-ring (bicyclic) bond motifs is 1. The van der Waals surface area contributed by atoms with Gasteiger partial charge in [-0.05, 0) is 43.5 Å². The summed E-state index contributed by atoms with van der Waals surface area (Å²) in [6, 6.07) is 6.07. The summed E-state index contributed by atoms with van der Waals surface area (Å²) in [6.07, 6.45) is -4.02. The van der Waals surface area contributed by atoms with Gasteiger partial charge in [-0.2, -0.15) is 0 Å². The average molecular weight is 382 g/mol. The Kier molecular flexibility index (Phi) is 5.41. The molecule has 3 rings (SSSR count). The number of aliphatic hydroxyl groups excluding tert-OH is 1. The van der Waals surface area contributed by atoms with E-state index < -0.39 is 6.36 Å². The molecule has 0 spiro atoms. The smallest absolute Gasteiger partial charge is 0.406 e. The molecular formula is C18H21F3N4O2.